The fourth-order valence-electron chi connectivity index (χ4n) is 1.56. The average molecular weight is 223 g/mol. The normalized spacial score (nSPS) is 13.8. The first kappa shape index (κ1) is 13.2. The molecule has 0 saturated heterocycles. The minimum Gasteiger partial charge on any atom is -0.387 e. The molecule has 0 spiro atoms. The molecule has 1 unspecified atom stereocenters. The Morgan fingerprint density at radius 3 is 2.31 bits per heavy atom. The number of ether oxygens (including phenoxy) is 1. The van der Waals surface area contributed by atoms with Crippen molar-refractivity contribution in [3.63, 3.8) is 0 Å². The third kappa shape index (κ3) is 3.59. The Balaban J connectivity index is 2.72. The maximum absolute atomic E-state index is 9.55. The third-order valence-electron chi connectivity index (χ3n) is 2.77. The molecule has 3 N–H and O–H groups in total. The van der Waals surface area contributed by atoms with E-state index in [4.69, 9.17) is 10.5 Å². The molecule has 90 valence electrons. The highest BCUT2D eigenvalue weighted by molar-refractivity contribution is 5.25. The summed E-state index contributed by atoms with van der Waals surface area (Å²) in [6.07, 6.45) is 0.284. The summed E-state index contributed by atoms with van der Waals surface area (Å²) in [6, 6.07) is 7.85. The largest absolute Gasteiger partial charge is 0.387 e. The van der Waals surface area contributed by atoms with Crippen LogP contribution in [0.15, 0.2) is 24.3 Å². The molecule has 0 heterocycles. The van der Waals surface area contributed by atoms with Crippen LogP contribution in [0.1, 0.15) is 31.1 Å². The lowest BCUT2D eigenvalue weighted by Gasteiger charge is -2.23. The second-order valence-corrected chi connectivity index (χ2v) is 4.63. The van der Waals surface area contributed by atoms with Crippen molar-refractivity contribution in [2.75, 3.05) is 13.7 Å². The molecule has 1 aromatic rings. The Kier molecular flexibility index (Phi) is 4.47. The average Bonchev–Trinajstić information content (AvgIpc) is 2.28. The molecule has 0 amide bonds. The van der Waals surface area contributed by atoms with Crippen molar-refractivity contribution in [1.82, 2.24) is 0 Å². The van der Waals surface area contributed by atoms with Crippen LogP contribution in [0.5, 0.6) is 0 Å². The number of benzene rings is 1. The van der Waals surface area contributed by atoms with Crippen LogP contribution >= 0.6 is 0 Å². The molecule has 0 radical (unpaired) electrons. The predicted octanol–water partition coefficient (Wildman–Crippen LogP) is 1.65. The molecule has 0 fully saturated rings. The van der Waals surface area contributed by atoms with Gasteiger partial charge in [0, 0.05) is 20.1 Å². The third-order valence-corrected chi connectivity index (χ3v) is 2.77. The van der Waals surface area contributed by atoms with Gasteiger partial charge in [0.15, 0.2) is 0 Å². The molecular weight excluding hydrogens is 202 g/mol. The molecule has 3 nitrogen and oxygen atoms in total. The lowest BCUT2D eigenvalue weighted by atomic mass is 9.97. The first-order chi connectivity index (χ1) is 7.48. The van der Waals surface area contributed by atoms with E-state index in [0.29, 0.717) is 0 Å². The molecule has 0 saturated carbocycles. The van der Waals surface area contributed by atoms with Crippen LogP contribution in [-0.2, 0) is 11.2 Å². The van der Waals surface area contributed by atoms with E-state index in [-0.39, 0.29) is 12.1 Å². The first-order valence-electron chi connectivity index (χ1n) is 5.50. The van der Waals surface area contributed by atoms with Crippen molar-refractivity contribution in [3.8, 4) is 0 Å². The molecule has 1 aromatic carbocycles. The minimum atomic E-state index is -0.565. The van der Waals surface area contributed by atoms with Crippen molar-refractivity contribution in [2.24, 2.45) is 5.73 Å². The smallest absolute Gasteiger partial charge is 0.0912 e. The van der Waals surface area contributed by atoms with E-state index in [1.807, 2.05) is 24.3 Å². The second-order valence-electron chi connectivity index (χ2n) is 4.63. The van der Waals surface area contributed by atoms with Gasteiger partial charge in [-0.25, -0.2) is 0 Å². The highest BCUT2D eigenvalue weighted by Crippen LogP contribution is 2.18. The highest BCUT2D eigenvalue weighted by atomic mass is 16.5. The Labute approximate surface area is 97.2 Å². The molecule has 1 rings (SSSR count). The van der Waals surface area contributed by atoms with Gasteiger partial charge < -0.3 is 15.6 Å². The summed E-state index contributed by atoms with van der Waals surface area (Å²) in [5.41, 5.74) is 7.29. The van der Waals surface area contributed by atoms with E-state index in [1.165, 1.54) is 5.56 Å². The highest BCUT2D eigenvalue weighted by Gasteiger charge is 2.17. The van der Waals surface area contributed by atoms with Crippen LogP contribution in [0.4, 0.5) is 0 Å². The van der Waals surface area contributed by atoms with E-state index < -0.39 is 6.10 Å². The van der Waals surface area contributed by atoms with Crippen molar-refractivity contribution < 1.29 is 9.84 Å². The summed E-state index contributed by atoms with van der Waals surface area (Å²) in [6.45, 7) is 4.36. The van der Waals surface area contributed by atoms with Gasteiger partial charge in [0.05, 0.1) is 11.7 Å². The Hall–Kier alpha value is -0.900. The summed E-state index contributed by atoms with van der Waals surface area (Å²) >= 11 is 0. The summed E-state index contributed by atoms with van der Waals surface area (Å²) in [4.78, 5) is 0. The summed E-state index contributed by atoms with van der Waals surface area (Å²) in [5.74, 6) is 0. The van der Waals surface area contributed by atoms with E-state index in [9.17, 15) is 5.11 Å². The van der Waals surface area contributed by atoms with Crippen molar-refractivity contribution in [2.45, 2.75) is 32.0 Å². The van der Waals surface area contributed by atoms with Crippen LogP contribution in [0.25, 0.3) is 0 Å². The fourth-order valence-corrected chi connectivity index (χ4v) is 1.56. The molecule has 0 aliphatic heterocycles. The molecule has 1 atom stereocenters. The summed E-state index contributed by atoms with van der Waals surface area (Å²) in [5, 5.41) is 9.55. The molecule has 0 aromatic heterocycles. The van der Waals surface area contributed by atoms with Gasteiger partial charge in [-0.3, -0.25) is 0 Å². The van der Waals surface area contributed by atoms with Crippen LogP contribution in [0, 0.1) is 0 Å². The Bertz CT molecular complexity index is 319. The maximum Gasteiger partial charge on any atom is 0.0912 e. The topological polar surface area (TPSA) is 55.5 Å². The molecule has 3 heteroatoms. The van der Waals surface area contributed by atoms with E-state index >= 15 is 0 Å². The van der Waals surface area contributed by atoms with Gasteiger partial charge in [-0.2, -0.15) is 0 Å². The van der Waals surface area contributed by atoms with Crippen LogP contribution in [0.2, 0.25) is 0 Å². The number of methoxy groups -OCH3 is 1. The van der Waals surface area contributed by atoms with E-state index in [0.717, 1.165) is 12.0 Å². The number of aliphatic hydroxyl groups is 1. The zero-order valence-corrected chi connectivity index (χ0v) is 10.2. The van der Waals surface area contributed by atoms with Gasteiger partial charge >= 0.3 is 0 Å². The lowest BCUT2D eigenvalue weighted by Crippen LogP contribution is -2.25. The first-order valence-corrected chi connectivity index (χ1v) is 5.50. The van der Waals surface area contributed by atoms with Crippen molar-refractivity contribution in [3.05, 3.63) is 35.4 Å². The quantitative estimate of drug-likeness (QED) is 0.798. The van der Waals surface area contributed by atoms with Gasteiger partial charge in [-0.1, -0.05) is 24.3 Å². The maximum atomic E-state index is 9.55. The van der Waals surface area contributed by atoms with Crippen LogP contribution in [0.3, 0.4) is 0 Å². The molecule has 0 aliphatic carbocycles. The monoisotopic (exact) mass is 223 g/mol. The van der Waals surface area contributed by atoms with Gasteiger partial charge in [0.25, 0.3) is 0 Å². The standard InChI is InChI=1S/C13H21NO2/c1-13(2,16-3)8-10-4-6-11(7-5-10)12(15)9-14/h4-7,12,15H,8-9,14H2,1-3H3. The number of nitrogens with two attached hydrogens (primary N) is 1. The van der Waals surface area contributed by atoms with Crippen LogP contribution < -0.4 is 5.73 Å². The predicted molar refractivity (Wildman–Crippen MR) is 65.2 cm³/mol. The Morgan fingerprint density at radius 2 is 1.88 bits per heavy atom. The van der Waals surface area contributed by atoms with E-state index in [2.05, 4.69) is 13.8 Å². The van der Waals surface area contributed by atoms with Crippen molar-refractivity contribution >= 4 is 0 Å². The molecular formula is C13H21NO2. The summed E-state index contributed by atoms with van der Waals surface area (Å²) in [7, 11) is 1.71. The number of aliphatic hydroxyl groups excluding tert-OH is 1. The number of hydrogen-bond acceptors (Lipinski definition) is 3. The molecule has 0 bridgehead atoms. The van der Waals surface area contributed by atoms with E-state index in [1.54, 1.807) is 7.11 Å². The fraction of sp³-hybridized carbons (Fsp3) is 0.538. The van der Waals surface area contributed by atoms with Gasteiger partial charge in [-0.05, 0) is 25.0 Å². The summed E-state index contributed by atoms with van der Waals surface area (Å²) < 4.78 is 5.37. The van der Waals surface area contributed by atoms with Crippen LogP contribution in [-0.4, -0.2) is 24.4 Å². The SMILES string of the molecule is COC(C)(C)Cc1ccc(C(O)CN)cc1. The second kappa shape index (κ2) is 5.43. The minimum absolute atomic E-state index is 0.159. The Morgan fingerprint density at radius 1 is 1.31 bits per heavy atom. The van der Waals surface area contributed by atoms with Gasteiger partial charge in [-0.15, -0.1) is 0 Å². The van der Waals surface area contributed by atoms with Gasteiger partial charge in [0.2, 0.25) is 0 Å². The molecule has 16 heavy (non-hydrogen) atoms. The molecule has 0 aliphatic rings. The zero-order chi connectivity index (χ0) is 12.2. The van der Waals surface area contributed by atoms with Crippen molar-refractivity contribution in [1.29, 1.82) is 0 Å². The number of hydrogen-bond donors (Lipinski definition) is 2. The number of rotatable bonds is 5. The zero-order valence-electron chi connectivity index (χ0n) is 10.2. The van der Waals surface area contributed by atoms with Gasteiger partial charge in [0.1, 0.15) is 0 Å². The lowest BCUT2D eigenvalue weighted by molar-refractivity contribution is 0.0232.